The molecule has 0 aliphatic heterocycles. The van der Waals surface area contributed by atoms with Crippen molar-refractivity contribution in [2.24, 2.45) is 0 Å². The Balaban J connectivity index is 1.29. The fourth-order valence-corrected chi connectivity index (χ4v) is 11.0. The lowest BCUT2D eigenvalue weighted by Crippen LogP contribution is -2.17. The van der Waals surface area contributed by atoms with Crippen molar-refractivity contribution in [1.29, 1.82) is 0 Å². The van der Waals surface area contributed by atoms with Crippen LogP contribution in [-0.2, 0) is 27.8 Å². The summed E-state index contributed by atoms with van der Waals surface area (Å²) < 4.78 is 43.8. The summed E-state index contributed by atoms with van der Waals surface area (Å²) in [5.74, 6) is 0.800. The van der Waals surface area contributed by atoms with Gasteiger partial charge < -0.3 is 5.11 Å². The van der Waals surface area contributed by atoms with Crippen LogP contribution in [-0.4, -0.2) is 24.6 Å². The van der Waals surface area contributed by atoms with Crippen LogP contribution in [0.3, 0.4) is 0 Å². The van der Waals surface area contributed by atoms with Gasteiger partial charge in [0.05, 0.1) is 32.9 Å². The zero-order valence-electron chi connectivity index (χ0n) is 45.9. The number of phenols is 1. The molecule has 0 amide bonds. The number of rotatable bonds is 8. The number of fused-ring (bicyclic) bond motifs is 1. The van der Waals surface area contributed by atoms with Crippen molar-refractivity contribution in [2.75, 3.05) is 0 Å². The number of benzene rings is 7. The maximum Gasteiger partial charge on any atom is 0.443 e. The van der Waals surface area contributed by atoms with E-state index >= 15 is 0 Å². The number of aromatic hydroxyl groups is 1. The summed E-state index contributed by atoms with van der Waals surface area (Å²) in [6, 6.07) is 54.6. The second kappa shape index (κ2) is 19.4. The average molecular weight is 1040 g/mol. The smallest absolute Gasteiger partial charge is 0.443 e. The second-order valence-electron chi connectivity index (χ2n) is 24.3. The summed E-state index contributed by atoms with van der Waals surface area (Å²) >= 11 is 0.650. The van der Waals surface area contributed by atoms with E-state index in [-0.39, 0.29) is 16.6 Å². The second-order valence-corrected chi connectivity index (χ2v) is 25.4. The number of thiazole rings is 1. The lowest BCUT2D eigenvalue weighted by molar-refractivity contribution is -0.137. The summed E-state index contributed by atoms with van der Waals surface area (Å²) in [7, 11) is 0. The van der Waals surface area contributed by atoms with Crippen molar-refractivity contribution >= 4 is 22.4 Å². The van der Waals surface area contributed by atoms with E-state index < -0.39 is 22.0 Å². The fourth-order valence-electron chi connectivity index (χ4n) is 10.2. The predicted octanol–water partition coefficient (Wildman–Crippen LogP) is 19.5. The molecule has 0 unspecified atom stereocenters. The van der Waals surface area contributed by atoms with E-state index in [1.807, 2.05) is 54.7 Å². The highest BCUT2D eigenvalue weighted by molar-refractivity contribution is 7.15. The zero-order chi connectivity index (χ0) is 55.0. The maximum absolute atomic E-state index is 13.8. The third-order valence-electron chi connectivity index (χ3n) is 14.5. The molecule has 0 saturated carbocycles. The van der Waals surface area contributed by atoms with Crippen LogP contribution in [0.25, 0.3) is 94.3 Å². The Hall–Kier alpha value is -7.62. The number of phenolic OH excluding ortho intramolecular Hbond substituents is 1. The third-order valence-corrected chi connectivity index (χ3v) is 15.6. The third kappa shape index (κ3) is 10.5. The molecule has 10 aromatic rings. The van der Waals surface area contributed by atoms with Crippen LogP contribution in [0.15, 0.2) is 170 Å². The Morgan fingerprint density at radius 2 is 1.08 bits per heavy atom. The van der Waals surface area contributed by atoms with E-state index in [2.05, 4.69) is 202 Å². The van der Waals surface area contributed by atoms with Gasteiger partial charge in [-0.05, 0) is 138 Å². The van der Waals surface area contributed by atoms with Crippen LogP contribution in [0.5, 0.6) is 5.75 Å². The Morgan fingerprint density at radius 3 is 1.70 bits per heavy atom. The minimum Gasteiger partial charge on any atom is -0.507 e. The van der Waals surface area contributed by atoms with Crippen LogP contribution < -0.4 is 0 Å². The molecule has 3 aromatic heterocycles. The molecule has 0 saturated heterocycles. The zero-order valence-corrected chi connectivity index (χ0v) is 46.8. The molecule has 0 spiro atoms. The van der Waals surface area contributed by atoms with Gasteiger partial charge in [0.2, 0.25) is 0 Å². The molecule has 3 heterocycles. The van der Waals surface area contributed by atoms with Gasteiger partial charge in [0.25, 0.3) is 0 Å². The highest BCUT2D eigenvalue weighted by atomic mass is 32.1. The van der Waals surface area contributed by atoms with Crippen molar-refractivity contribution in [3.05, 3.63) is 197 Å². The van der Waals surface area contributed by atoms with Crippen LogP contribution in [0.2, 0.25) is 0 Å². The van der Waals surface area contributed by atoms with Gasteiger partial charge in [-0.25, -0.2) is 9.97 Å². The minimum absolute atomic E-state index is 0.140. The van der Waals surface area contributed by atoms with Crippen molar-refractivity contribution in [3.63, 3.8) is 0 Å². The van der Waals surface area contributed by atoms with Gasteiger partial charge in [0.15, 0.2) is 5.01 Å². The largest absolute Gasteiger partial charge is 0.507 e. The Morgan fingerprint density at radius 1 is 0.455 bits per heavy atom. The highest BCUT2D eigenvalue weighted by Crippen LogP contribution is 2.48. The van der Waals surface area contributed by atoms with Crippen LogP contribution in [0.4, 0.5) is 13.2 Å². The molecule has 9 heteroatoms. The number of halogens is 3. The van der Waals surface area contributed by atoms with E-state index in [1.54, 1.807) is 0 Å². The van der Waals surface area contributed by atoms with Gasteiger partial charge in [-0.15, -0.1) is 11.3 Å². The summed E-state index contributed by atoms with van der Waals surface area (Å²) in [6.45, 7) is 26.1. The first-order valence-electron chi connectivity index (χ1n) is 26.2. The van der Waals surface area contributed by atoms with Gasteiger partial charge in [-0.2, -0.15) is 13.2 Å². The molecule has 5 nitrogen and oxygen atoms in total. The van der Waals surface area contributed by atoms with Crippen LogP contribution >= 0.6 is 11.3 Å². The average Bonchev–Trinajstić information content (AvgIpc) is 4.11. The van der Waals surface area contributed by atoms with E-state index in [0.29, 0.717) is 33.2 Å². The Labute approximate surface area is 455 Å². The molecule has 1 N–H and O–H groups in total. The first-order chi connectivity index (χ1) is 36.2. The van der Waals surface area contributed by atoms with Crippen molar-refractivity contribution < 1.29 is 18.3 Å². The molecule has 0 radical (unpaired) electrons. The number of aromatic nitrogens is 4. The van der Waals surface area contributed by atoms with E-state index in [0.717, 1.165) is 89.2 Å². The van der Waals surface area contributed by atoms with E-state index in [1.165, 1.54) is 11.8 Å². The maximum atomic E-state index is 13.8. The van der Waals surface area contributed by atoms with Crippen LogP contribution in [0.1, 0.15) is 110 Å². The summed E-state index contributed by atoms with van der Waals surface area (Å²) in [5.41, 5.74) is 16.1. The van der Waals surface area contributed by atoms with Crippen molar-refractivity contribution in [2.45, 2.75) is 111 Å². The lowest BCUT2D eigenvalue weighted by Gasteiger charge is -2.28. The number of hydrogen-bond donors (Lipinski definition) is 1. The fraction of sp³-hybridized carbons (Fsp3) is 0.250. The number of alkyl halides is 3. The molecule has 0 bridgehead atoms. The molecular weight excluding hydrogens is 978 g/mol. The number of para-hydroxylation sites is 1. The van der Waals surface area contributed by atoms with Gasteiger partial charge in [0, 0.05) is 34.6 Å². The predicted molar refractivity (Wildman–Crippen MR) is 314 cm³/mol. The quantitative estimate of drug-likeness (QED) is 0.165. The summed E-state index contributed by atoms with van der Waals surface area (Å²) in [4.78, 5) is 14.9. The summed E-state index contributed by atoms with van der Waals surface area (Å²) in [6.07, 6.45) is -1.37. The number of hydrogen-bond acceptors (Lipinski definition) is 5. The van der Waals surface area contributed by atoms with Crippen LogP contribution in [0, 0.1) is 0 Å². The normalized spacial score (nSPS) is 12.7. The van der Waals surface area contributed by atoms with Crippen molar-refractivity contribution in [3.8, 4) is 89.0 Å². The standard InChI is InChI=1S/C68H65F3N4OS/c1-64(2,3)48-27-29-57(52(37-48)42-22-17-14-18-23-42)75-58-25-19-24-51(60(58)74-62(75)53-38-49(65(4,5)6)39-55(61(53)76)67(10,11)12)46-32-45(33-47(34-46)56-36-43(30-31-72-56)41-20-15-13-16-21-41)50-28-26-44(35-54(50)66(7,8)9)59-40-73-63(77-59)68(69,70)71/h13-40,76H,1-12H3. The molecule has 0 fully saturated rings. The number of pyridine rings is 1. The monoisotopic (exact) mass is 1040 g/mol. The van der Waals surface area contributed by atoms with Gasteiger partial charge in [-0.3, -0.25) is 9.55 Å². The van der Waals surface area contributed by atoms with Gasteiger partial charge >= 0.3 is 6.18 Å². The molecule has 0 aliphatic carbocycles. The SMILES string of the molecule is CC(C)(C)c1ccc(-n2c(-c3cc(C(C)(C)C)cc(C(C)(C)C)c3O)nc3c(-c4cc(-c5cc(-c6ccccc6)ccn5)cc(-c5ccc(-c6cnc(C(F)(F)F)s6)cc5C(C)(C)C)c4)cccc32)c(-c2ccccc2)c1. The molecule has 0 aliphatic rings. The molecule has 390 valence electrons. The first kappa shape index (κ1) is 52.8. The highest BCUT2D eigenvalue weighted by Gasteiger charge is 2.35. The van der Waals surface area contributed by atoms with Gasteiger partial charge in [0.1, 0.15) is 11.6 Å². The summed E-state index contributed by atoms with van der Waals surface area (Å²) in [5, 5.41) is 11.9. The molecule has 10 rings (SSSR count). The Bertz CT molecular complexity index is 3840. The van der Waals surface area contributed by atoms with E-state index in [9.17, 15) is 18.3 Å². The lowest BCUT2D eigenvalue weighted by atomic mass is 9.79. The molecule has 0 atom stereocenters. The minimum atomic E-state index is -4.54. The number of imidazole rings is 1. The topological polar surface area (TPSA) is 63.8 Å². The molecular formula is C68H65F3N4OS. The molecule has 7 aromatic carbocycles. The van der Waals surface area contributed by atoms with E-state index in [4.69, 9.17) is 9.97 Å². The Kier molecular flexibility index (Phi) is 13.3. The van der Waals surface area contributed by atoms with Crippen molar-refractivity contribution in [1.82, 2.24) is 19.5 Å². The number of nitrogens with zero attached hydrogens (tertiary/aromatic N) is 4. The van der Waals surface area contributed by atoms with Gasteiger partial charge in [-0.1, -0.05) is 180 Å². The first-order valence-corrected chi connectivity index (χ1v) is 27.0. The molecule has 77 heavy (non-hydrogen) atoms.